The van der Waals surface area contributed by atoms with Crippen molar-refractivity contribution in [1.29, 1.82) is 0 Å². The maximum Gasteiger partial charge on any atom is 0.222 e. The highest BCUT2D eigenvalue weighted by molar-refractivity contribution is 5.77. The van der Waals surface area contributed by atoms with Crippen molar-refractivity contribution in [3.63, 3.8) is 0 Å². The molecule has 0 radical (unpaired) electrons. The van der Waals surface area contributed by atoms with Crippen molar-refractivity contribution < 1.29 is 9.32 Å². The Morgan fingerprint density at radius 2 is 1.96 bits per heavy atom. The molecule has 6 heteroatoms. The molecule has 0 saturated carbocycles. The lowest BCUT2D eigenvalue weighted by Gasteiger charge is -2.16. The predicted octanol–water partition coefficient (Wildman–Crippen LogP) is 2.65. The third kappa shape index (κ3) is 3.47. The van der Waals surface area contributed by atoms with Crippen LogP contribution in [-0.4, -0.2) is 39.0 Å². The Labute approximate surface area is 142 Å². The minimum absolute atomic E-state index is 0.182. The number of carbonyl (C=O) groups excluding carboxylic acids is 1. The number of rotatable bonds is 4. The maximum absolute atomic E-state index is 12.5. The normalized spacial score (nSPS) is 17.5. The highest BCUT2D eigenvalue weighted by atomic mass is 16.5. The molecule has 0 aromatic carbocycles. The first-order valence-electron chi connectivity index (χ1n) is 8.45. The van der Waals surface area contributed by atoms with Crippen LogP contribution in [0.1, 0.15) is 53.0 Å². The molecule has 0 spiro atoms. The average Bonchev–Trinajstić information content (AvgIpc) is 3.12. The summed E-state index contributed by atoms with van der Waals surface area (Å²) >= 11 is 0. The van der Waals surface area contributed by atoms with E-state index in [1.807, 2.05) is 38.7 Å². The number of likely N-dealkylation sites (tertiary alicyclic amines) is 1. The van der Waals surface area contributed by atoms with Crippen molar-refractivity contribution >= 4 is 5.91 Å². The lowest BCUT2D eigenvalue weighted by Crippen LogP contribution is -2.29. The zero-order chi connectivity index (χ0) is 17.3. The molecule has 3 rings (SSSR count). The SMILES string of the molecule is Cc1cc(C)nc([C@@H]2CCN(C(=O)CCc3c(C)noc3C)C2)n1. The van der Waals surface area contributed by atoms with E-state index in [1.54, 1.807) is 0 Å². The quantitative estimate of drug-likeness (QED) is 0.863. The molecule has 1 atom stereocenters. The smallest absolute Gasteiger partial charge is 0.222 e. The van der Waals surface area contributed by atoms with Gasteiger partial charge in [-0.1, -0.05) is 5.16 Å². The van der Waals surface area contributed by atoms with Gasteiger partial charge in [0, 0.05) is 42.4 Å². The van der Waals surface area contributed by atoms with Crippen LogP contribution in [0.4, 0.5) is 0 Å². The molecule has 1 saturated heterocycles. The van der Waals surface area contributed by atoms with Gasteiger partial charge in [-0.05, 0) is 46.6 Å². The molecule has 2 aromatic heterocycles. The summed E-state index contributed by atoms with van der Waals surface area (Å²) in [6.07, 6.45) is 2.10. The van der Waals surface area contributed by atoms with Gasteiger partial charge in [-0.25, -0.2) is 9.97 Å². The van der Waals surface area contributed by atoms with Crippen molar-refractivity contribution in [3.8, 4) is 0 Å². The Balaban J connectivity index is 1.60. The number of amides is 1. The molecule has 0 unspecified atom stereocenters. The molecular weight excluding hydrogens is 304 g/mol. The average molecular weight is 328 g/mol. The number of nitrogens with zero attached hydrogens (tertiary/aromatic N) is 4. The summed E-state index contributed by atoms with van der Waals surface area (Å²) in [4.78, 5) is 23.5. The van der Waals surface area contributed by atoms with Crippen LogP contribution in [0.3, 0.4) is 0 Å². The van der Waals surface area contributed by atoms with Gasteiger partial charge in [0.05, 0.1) is 5.69 Å². The van der Waals surface area contributed by atoms with Crippen LogP contribution < -0.4 is 0 Å². The van der Waals surface area contributed by atoms with Crippen LogP contribution in [0, 0.1) is 27.7 Å². The first-order chi connectivity index (χ1) is 11.4. The summed E-state index contributed by atoms with van der Waals surface area (Å²) in [5.74, 6) is 2.10. The summed E-state index contributed by atoms with van der Waals surface area (Å²) in [7, 11) is 0. The topological polar surface area (TPSA) is 72.1 Å². The monoisotopic (exact) mass is 328 g/mol. The molecule has 1 amide bonds. The lowest BCUT2D eigenvalue weighted by molar-refractivity contribution is -0.130. The van der Waals surface area contributed by atoms with Gasteiger partial charge in [0.2, 0.25) is 5.91 Å². The second-order valence-corrected chi connectivity index (χ2v) is 6.64. The lowest BCUT2D eigenvalue weighted by atomic mass is 10.1. The number of hydrogen-bond donors (Lipinski definition) is 0. The number of aromatic nitrogens is 3. The molecule has 1 aliphatic rings. The van der Waals surface area contributed by atoms with Crippen molar-refractivity contribution in [3.05, 3.63) is 40.3 Å². The minimum Gasteiger partial charge on any atom is -0.361 e. The van der Waals surface area contributed by atoms with Crippen LogP contribution in [0.15, 0.2) is 10.6 Å². The van der Waals surface area contributed by atoms with Crippen LogP contribution in [0.25, 0.3) is 0 Å². The molecule has 24 heavy (non-hydrogen) atoms. The zero-order valence-electron chi connectivity index (χ0n) is 14.8. The molecule has 6 nitrogen and oxygen atoms in total. The predicted molar refractivity (Wildman–Crippen MR) is 89.7 cm³/mol. The molecule has 2 aromatic rings. The molecule has 1 aliphatic heterocycles. The summed E-state index contributed by atoms with van der Waals surface area (Å²) < 4.78 is 5.16. The van der Waals surface area contributed by atoms with Gasteiger partial charge >= 0.3 is 0 Å². The van der Waals surface area contributed by atoms with Crippen LogP contribution in [0.2, 0.25) is 0 Å². The van der Waals surface area contributed by atoms with Crippen LogP contribution in [0.5, 0.6) is 0 Å². The fourth-order valence-corrected chi connectivity index (χ4v) is 3.38. The Morgan fingerprint density at radius 1 is 1.25 bits per heavy atom. The third-order valence-corrected chi connectivity index (χ3v) is 4.68. The van der Waals surface area contributed by atoms with Gasteiger partial charge < -0.3 is 9.42 Å². The van der Waals surface area contributed by atoms with Crippen molar-refractivity contribution in [1.82, 2.24) is 20.0 Å². The van der Waals surface area contributed by atoms with E-state index in [-0.39, 0.29) is 11.8 Å². The number of aryl methyl sites for hydroxylation is 4. The van der Waals surface area contributed by atoms with Gasteiger partial charge in [-0.3, -0.25) is 4.79 Å². The Morgan fingerprint density at radius 3 is 2.58 bits per heavy atom. The van der Waals surface area contributed by atoms with Gasteiger partial charge in [-0.15, -0.1) is 0 Å². The molecule has 0 aliphatic carbocycles. The van der Waals surface area contributed by atoms with E-state index in [0.29, 0.717) is 19.4 Å². The third-order valence-electron chi connectivity index (χ3n) is 4.68. The van der Waals surface area contributed by atoms with Crippen LogP contribution in [-0.2, 0) is 11.2 Å². The molecule has 1 fully saturated rings. The van der Waals surface area contributed by atoms with Gasteiger partial charge in [0.1, 0.15) is 11.6 Å². The fourth-order valence-electron chi connectivity index (χ4n) is 3.38. The molecular formula is C18H24N4O2. The second-order valence-electron chi connectivity index (χ2n) is 6.64. The van der Waals surface area contributed by atoms with Gasteiger partial charge in [0.15, 0.2) is 0 Å². The highest BCUT2D eigenvalue weighted by Crippen LogP contribution is 2.26. The van der Waals surface area contributed by atoms with E-state index in [9.17, 15) is 4.79 Å². The van der Waals surface area contributed by atoms with Crippen molar-refractivity contribution in [2.75, 3.05) is 13.1 Å². The maximum atomic E-state index is 12.5. The number of hydrogen-bond acceptors (Lipinski definition) is 5. The van der Waals surface area contributed by atoms with E-state index in [4.69, 9.17) is 4.52 Å². The Bertz CT molecular complexity index is 714. The molecule has 0 bridgehead atoms. The first-order valence-corrected chi connectivity index (χ1v) is 8.45. The molecule has 3 heterocycles. The summed E-state index contributed by atoms with van der Waals surface area (Å²) in [6, 6.07) is 1.98. The molecule has 0 N–H and O–H groups in total. The highest BCUT2D eigenvalue weighted by Gasteiger charge is 2.29. The summed E-state index contributed by atoms with van der Waals surface area (Å²) in [5, 5.41) is 3.94. The largest absolute Gasteiger partial charge is 0.361 e. The van der Waals surface area contributed by atoms with Gasteiger partial charge in [0.25, 0.3) is 0 Å². The number of carbonyl (C=O) groups is 1. The second kappa shape index (κ2) is 6.71. The van der Waals surface area contributed by atoms with E-state index in [1.165, 1.54) is 0 Å². The van der Waals surface area contributed by atoms with Crippen molar-refractivity contribution in [2.45, 2.75) is 52.9 Å². The Kier molecular flexibility index (Phi) is 4.64. The molecule has 128 valence electrons. The Hall–Kier alpha value is -2.24. The van der Waals surface area contributed by atoms with E-state index < -0.39 is 0 Å². The standard InChI is InChI=1S/C18H24N4O2/c1-11-9-12(2)20-18(19-11)15-7-8-22(10-15)17(23)6-5-16-13(3)21-24-14(16)4/h9,15H,5-8,10H2,1-4H3/t15-/m1/s1. The van der Waals surface area contributed by atoms with E-state index in [0.717, 1.165) is 47.2 Å². The zero-order valence-corrected chi connectivity index (χ0v) is 14.8. The van der Waals surface area contributed by atoms with E-state index >= 15 is 0 Å². The van der Waals surface area contributed by atoms with Gasteiger partial charge in [-0.2, -0.15) is 0 Å². The van der Waals surface area contributed by atoms with E-state index in [2.05, 4.69) is 15.1 Å². The van der Waals surface area contributed by atoms with Crippen LogP contribution >= 0.6 is 0 Å². The fraction of sp³-hybridized carbons (Fsp3) is 0.556. The minimum atomic E-state index is 0.182. The van der Waals surface area contributed by atoms with Crippen molar-refractivity contribution in [2.24, 2.45) is 0 Å². The first kappa shape index (κ1) is 16.6. The summed E-state index contributed by atoms with van der Waals surface area (Å²) in [6.45, 7) is 9.27. The summed E-state index contributed by atoms with van der Waals surface area (Å²) in [5.41, 5.74) is 3.90.